The molecule has 2 atom stereocenters. The third kappa shape index (κ3) is 2.09. The Morgan fingerprint density at radius 2 is 2.24 bits per heavy atom. The standard InChI is InChI=1S/C13H14N2O2/c16-12-7-14-8-13(12)17-10-4-3-9-2-1-5-15-11(9)6-10/h1-6,12-14,16H,7-8H2. The predicted molar refractivity (Wildman–Crippen MR) is 65.0 cm³/mol. The van der Waals surface area contributed by atoms with Crippen LogP contribution in [0.25, 0.3) is 10.9 Å². The van der Waals surface area contributed by atoms with Crippen LogP contribution in [0.1, 0.15) is 0 Å². The van der Waals surface area contributed by atoms with Gasteiger partial charge in [0.25, 0.3) is 0 Å². The number of β-amino-alcohol motifs (C(OH)–C–C–N with tert-alkyl or cyclic N) is 1. The lowest BCUT2D eigenvalue weighted by molar-refractivity contribution is 0.0738. The lowest BCUT2D eigenvalue weighted by atomic mass is 10.2. The Bertz CT molecular complexity index is 530. The largest absolute Gasteiger partial charge is 0.486 e. The molecule has 4 nitrogen and oxygen atoms in total. The first-order valence-electron chi connectivity index (χ1n) is 5.73. The van der Waals surface area contributed by atoms with E-state index in [4.69, 9.17) is 4.74 Å². The molecule has 0 amide bonds. The fourth-order valence-corrected chi connectivity index (χ4v) is 2.06. The monoisotopic (exact) mass is 230 g/mol. The molecule has 1 fully saturated rings. The SMILES string of the molecule is OC1CNCC1Oc1ccc2cccnc2c1. The fourth-order valence-electron chi connectivity index (χ4n) is 2.06. The zero-order chi connectivity index (χ0) is 11.7. The molecular weight excluding hydrogens is 216 g/mol. The van der Waals surface area contributed by atoms with Crippen molar-refractivity contribution >= 4 is 10.9 Å². The van der Waals surface area contributed by atoms with Gasteiger partial charge in [0, 0.05) is 30.7 Å². The van der Waals surface area contributed by atoms with Crippen LogP contribution in [0.4, 0.5) is 0 Å². The number of rotatable bonds is 2. The molecule has 0 saturated carbocycles. The Kier molecular flexibility index (Phi) is 2.66. The molecule has 17 heavy (non-hydrogen) atoms. The van der Waals surface area contributed by atoms with Crippen molar-refractivity contribution in [2.45, 2.75) is 12.2 Å². The van der Waals surface area contributed by atoms with Crippen molar-refractivity contribution in [1.82, 2.24) is 10.3 Å². The van der Waals surface area contributed by atoms with Crippen LogP contribution in [0, 0.1) is 0 Å². The smallest absolute Gasteiger partial charge is 0.138 e. The molecule has 3 rings (SSSR count). The summed E-state index contributed by atoms with van der Waals surface area (Å²) in [7, 11) is 0. The summed E-state index contributed by atoms with van der Waals surface area (Å²) in [6, 6.07) is 9.72. The first-order chi connectivity index (χ1) is 8.33. The number of aromatic nitrogens is 1. The highest BCUT2D eigenvalue weighted by atomic mass is 16.5. The molecule has 1 aliphatic heterocycles. The normalized spacial score (nSPS) is 24.1. The van der Waals surface area contributed by atoms with E-state index in [0.29, 0.717) is 13.1 Å². The van der Waals surface area contributed by atoms with Crippen LogP contribution in [-0.2, 0) is 0 Å². The molecule has 0 aliphatic carbocycles. The lowest BCUT2D eigenvalue weighted by Gasteiger charge is -2.16. The Labute approximate surface area is 99.2 Å². The average Bonchev–Trinajstić information content (AvgIpc) is 2.75. The van der Waals surface area contributed by atoms with E-state index in [2.05, 4.69) is 10.3 Å². The van der Waals surface area contributed by atoms with E-state index in [-0.39, 0.29) is 6.10 Å². The average molecular weight is 230 g/mol. The minimum Gasteiger partial charge on any atom is -0.486 e. The highest BCUT2D eigenvalue weighted by molar-refractivity contribution is 5.79. The highest BCUT2D eigenvalue weighted by Gasteiger charge is 2.26. The summed E-state index contributed by atoms with van der Waals surface area (Å²) in [6.45, 7) is 1.28. The molecule has 0 radical (unpaired) electrons. The molecule has 1 aromatic heterocycles. The number of ether oxygens (including phenoxy) is 1. The fraction of sp³-hybridized carbons (Fsp3) is 0.308. The first kappa shape index (κ1) is 10.5. The van der Waals surface area contributed by atoms with Gasteiger partial charge >= 0.3 is 0 Å². The van der Waals surface area contributed by atoms with Crippen LogP contribution in [0.3, 0.4) is 0 Å². The van der Waals surface area contributed by atoms with Crippen LogP contribution in [-0.4, -0.2) is 35.4 Å². The maximum absolute atomic E-state index is 9.66. The molecule has 4 heteroatoms. The molecule has 88 valence electrons. The summed E-state index contributed by atoms with van der Waals surface area (Å²) in [5.74, 6) is 0.754. The molecule has 2 N–H and O–H groups in total. The van der Waals surface area contributed by atoms with E-state index in [1.165, 1.54) is 0 Å². The van der Waals surface area contributed by atoms with E-state index >= 15 is 0 Å². The maximum Gasteiger partial charge on any atom is 0.138 e. The van der Waals surface area contributed by atoms with Gasteiger partial charge in [-0.3, -0.25) is 4.98 Å². The van der Waals surface area contributed by atoms with Gasteiger partial charge in [-0.05, 0) is 18.2 Å². The molecule has 2 aromatic rings. The number of aliphatic hydroxyl groups is 1. The number of nitrogens with one attached hydrogen (secondary N) is 1. The van der Waals surface area contributed by atoms with Crippen molar-refractivity contribution in [3.05, 3.63) is 36.5 Å². The number of pyridine rings is 1. The lowest BCUT2D eigenvalue weighted by Crippen LogP contribution is -2.29. The third-order valence-corrected chi connectivity index (χ3v) is 2.99. The summed E-state index contributed by atoms with van der Waals surface area (Å²) in [5.41, 5.74) is 0.908. The van der Waals surface area contributed by atoms with E-state index in [0.717, 1.165) is 16.7 Å². The van der Waals surface area contributed by atoms with Crippen LogP contribution < -0.4 is 10.1 Å². The van der Waals surface area contributed by atoms with E-state index < -0.39 is 6.10 Å². The quantitative estimate of drug-likeness (QED) is 0.806. The van der Waals surface area contributed by atoms with Gasteiger partial charge in [0.05, 0.1) is 5.52 Å². The topological polar surface area (TPSA) is 54.4 Å². The molecule has 2 unspecified atom stereocenters. The number of fused-ring (bicyclic) bond motifs is 1. The molecular formula is C13H14N2O2. The summed E-state index contributed by atoms with van der Waals surface area (Å²) < 4.78 is 5.74. The second-order valence-electron chi connectivity index (χ2n) is 4.24. The summed E-state index contributed by atoms with van der Waals surface area (Å²) in [5, 5.41) is 13.8. The Hall–Kier alpha value is -1.65. The summed E-state index contributed by atoms with van der Waals surface area (Å²) >= 11 is 0. The van der Waals surface area contributed by atoms with Crippen molar-refractivity contribution < 1.29 is 9.84 Å². The second kappa shape index (κ2) is 4.31. The third-order valence-electron chi connectivity index (χ3n) is 2.99. The van der Waals surface area contributed by atoms with E-state index in [1.807, 2.05) is 30.3 Å². The van der Waals surface area contributed by atoms with E-state index in [1.54, 1.807) is 6.20 Å². The van der Waals surface area contributed by atoms with Gasteiger partial charge in [-0.25, -0.2) is 0 Å². The van der Waals surface area contributed by atoms with E-state index in [9.17, 15) is 5.11 Å². The number of nitrogens with zero attached hydrogens (tertiary/aromatic N) is 1. The van der Waals surface area contributed by atoms with Crippen LogP contribution in [0.2, 0.25) is 0 Å². The van der Waals surface area contributed by atoms with Crippen LogP contribution in [0.5, 0.6) is 5.75 Å². The van der Waals surface area contributed by atoms with Crippen molar-refractivity contribution in [3.8, 4) is 5.75 Å². The number of benzene rings is 1. The molecule has 0 bridgehead atoms. The Balaban J connectivity index is 1.85. The van der Waals surface area contributed by atoms with Gasteiger partial charge in [0.1, 0.15) is 18.0 Å². The maximum atomic E-state index is 9.66. The van der Waals surface area contributed by atoms with Crippen LogP contribution >= 0.6 is 0 Å². The minimum atomic E-state index is -0.436. The number of aliphatic hydroxyl groups excluding tert-OH is 1. The Morgan fingerprint density at radius 1 is 1.29 bits per heavy atom. The highest BCUT2D eigenvalue weighted by Crippen LogP contribution is 2.21. The molecule has 1 aromatic carbocycles. The van der Waals surface area contributed by atoms with Gasteiger partial charge < -0.3 is 15.2 Å². The first-order valence-corrected chi connectivity index (χ1v) is 5.73. The second-order valence-corrected chi connectivity index (χ2v) is 4.24. The van der Waals surface area contributed by atoms with Crippen molar-refractivity contribution in [1.29, 1.82) is 0 Å². The van der Waals surface area contributed by atoms with Crippen molar-refractivity contribution in [3.63, 3.8) is 0 Å². The molecule has 2 heterocycles. The van der Waals surface area contributed by atoms with Gasteiger partial charge in [0.15, 0.2) is 0 Å². The number of hydrogen-bond acceptors (Lipinski definition) is 4. The van der Waals surface area contributed by atoms with Gasteiger partial charge in [-0.15, -0.1) is 0 Å². The molecule has 1 aliphatic rings. The van der Waals surface area contributed by atoms with Crippen molar-refractivity contribution in [2.24, 2.45) is 0 Å². The van der Waals surface area contributed by atoms with Gasteiger partial charge in [-0.1, -0.05) is 6.07 Å². The minimum absolute atomic E-state index is 0.170. The molecule has 1 saturated heterocycles. The Morgan fingerprint density at radius 3 is 3.06 bits per heavy atom. The summed E-state index contributed by atoms with van der Waals surface area (Å²) in [4.78, 5) is 4.28. The van der Waals surface area contributed by atoms with Crippen molar-refractivity contribution in [2.75, 3.05) is 13.1 Å². The summed E-state index contributed by atoms with van der Waals surface area (Å²) in [6.07, 6.45) is 1.16. The zero-order valence-corrected chi connectivity index (χ0v) is 9.34. The zero-order valence-electron chi connectivity index (χ0n) is 9.34. The predicted octanol–water partition coefficient (Wildman–Crippen LogP) is 0.946. The molecule has 0 spiro atoms. The van der Waals surface area contributed by atoms with Gasteiger partial charge in [-0.2, -0.15) is 0 Å². The number of hydrogen-bond donors (Lipinski definition) is 2. The van der Waals surface area contributed by atoms with Gasteiger partial charge in [0.2, 0.25) is 0 Å². The van der Waals surface area contributed by atoms with Crippen LogP contribution in [0.15, 0.2) is 36.5 Å².